The Morgan fingerprint density at radius 2 is 2.29 bits per heavy atom. The fourth-order valence-corrected chi connectivity index (χ4v) is 1.49. The van der Waals surface area contributed by atoms with Gasteiger partial charge in [-0.3, -0.25) is 0 Å². The van der Waals surface area contributed by atoms with Crippen molar-refractivity contribution >= 4 is 11.8 Å². The first-order valence-electron chi connectivity index (χ1n) is 5.09. The summed E-state index contributed by atoms with van der Waals surface area (Å²) in [5.41, 5.74) is 1.05. The molecule has 0 amide bonds. The summed E-state index contributed by atoms with van der Waals surface area (Å²) < 4.78 is 4.97. The molecule has 0 aromatic carbocycles. The first-order chi connectivity index (χ1) is 8.16. The smallest absolute Gasteiger partial charge is 0.354 e. The van der Waals surface area contributed by atoms with Gasteiger partial charge in [-0.05, 0) is 18.2 Å². The highest BCUT2D eigenvalue weighted by atomic mass is 16.4. The molecule has 0 unspecified atom stereocenters. The van der Waals surface area contributed by atoms with Crippen molar-refractivity contribution in [2.24, 2.45) is 0 Å². The molecule has 2 heterocycles. The van der Waals surface area contributed by atoms with Crippen LogP contribution in [0.3, 0.4) is 0 Å². The second-order valence-electron chi connectivity index (χ2n) is 3.67. The number of rotatable bonds is 4. The molecule has 0 saturated heterocycles. The molecule has 0 fully saturated rings. The van der Waals surface area contributed by atoms with E-state index in [2.05, 4.69) is 4.98 Å². The molecule has 0 aliphatic rings. The maximum Gasteiger partial charge on any atom is 0.354 e. The zero-order valence-corrected chi connectivity index (χ0v) is 9.33. The standard InChI is InChI=1S/C12H12N2O3/c1-14(7-9-5-6-17-8-9)11-4-2-3-10(13-11)12(15)16/h2-6,8H,7H2,1H3,(H,15,16). The van der Waals surface area contributed by atoms with Gasteiger partial charge < -0.3 is 14.4 Å². The summed E-state index contributed by atoms with van der Waals surface area (Å²) in [4.78, 5) is 16.7. The Kier molecular flexibility index (Phi) is 3.09. The summed E-state index contributed by atoms with van der Waals surface area (Å²) >= 11 is 0. The van der Waals surface area contributed by atoms with Crippen molar-refractivity contribution in [3.05, 3.63) is 48.0 Å². The molecule has 5 nitrogen and oxygen atoms in total. The van der Waals surface area contributed by atoms with E-state index in [-0.39, 0.29) is 5.69 Å². The van der Waals surface area contributed by atoms with Crippen LogP contribution < -0.4 is 4.90 Å². The molecule has 1 N–H and O–H groups in total. The fraction of sp³-hybridized carbons (Fsp3) is 0.167. The third-order valence-electron chi connectivity index (χ3n) is 2.34. The molecule has 0 saturated carbocycles. The van der Waals surface area contributed by atoms with Crippen LogP contribution in [0, 0.1) is 0 Å². The van der Waals surface area contributed by atoms with Gasteiger partial charge in [0.2, 0.25) is 0 Å². The lowest BCUT2D eigenvalue weighted by Gasteiger charge is -2.17. The minimum absolute atomic E-state index is 0.0431. The maximum absolute atomic E-state index is 10.8. The number of anilines is 1. The second kappa shape index (κ2) is 4.69. The summed E-state index contributed by atoms with van der Waals surface area (Å²) in [7, 11) is 1.85. The van der Waals surface area contributed by atoms with Crippen LogP contribution in [-0.2, 0) is 6.54 Å². The van der Waals surface area contributed by atoms with Gasteiger partial charge in [-0.25, -0.2) is 9.78 Å². The van der Waals surface area contributed by atoms with Crippen molar-refractivity contribution in [1.29, 1.82) is 0 Å². The van der Waals surface area contributed by atoms with Crippen LogP contribution in [0.5, 0.6) is 0 Å². The van der Waals surface area contributed by atoms with Crippen LogP contribution in [0.4, 0.5) is 5.82 Å². The SMILES string of the molecule is CN(Cc1ccoc1)c1cccc(C(=O)O)n1. The minimum atomic E-state index is -1.02. The number of carboxylic acid groups (broad SMARTS) is 1. The maximum atomic E-state index is 10.8. The Balaban J connectivity index is 2.16. The van der Waals surface area contributed by atoms with E-state index in [1.54, 1.807) is 24.7 Å². The quantitative estimate of drug-likeness (QED) is 0.873. The molecule has 2 aromatic heterocycles. The van der Waals surface area contributed by atoms with Crippen LogP contribution in [0.15, 0.2) is 41.2 Å². The predicted octanol–water partition coefficient (Wildman–Crippen LogP) is 2.01. The monoisotopic (exact) mass is 232 g/mol. The summed E-state index contributed by atoms with van der Waals surface area (Å²) in [5.74, 6) is -0.408. The molecule has 5 heteroatoms. The molecular weight excluding hydrogens is 220 g/mol. The first-order valence-corrected chi connectivity index (χ1v) is 5.09. The van der Waals surface area contributed by atoms with Crippen molar-refractivity contribution in [3.8, 4) is 0 Å². The summed E-state index contributed by atoms with van der Waals surface area (Å²) in [6.07, 6.45) is 3.25. The van der Waals surface area contributed by atoms with E-state index in [9.17, 15) is 4.79 Å². The number of furan rings is 1. The van der Waals surface area contributed by atoms with E-state index in [0.29, 0.717) is 12.4 Å². The van der Waals surface area contributed by atoms with E-state index in [0.717, 1.165) is 5.56 Å². The summed E-state index contributed by atoms with van der Waals surface area (Å²) in [6.45, 7) is 0.618. The van der Waals surface area contributed by atoms with Crippen molar-refractivity contribution in [2.45, 2.75) is 6.54 Å². The van der Waals surface area contributed by atoms with E-state index < -0.39 is 5.97 Å². The first kappa shape index (κ1) is 11.2. The van der Waals surface area contributed by atoms with Gasteiger partial charge in [0, 0.05) is 19.2 Å². The molecule has 0 spiro atoms. The van der Waals surface area contributed by atoms with Gasteiger partial charge in [0.15, 0.2) is 5.69 Å². The summed E-state index contributed by atoms with van der Waals surface area (Å²) in [5, 5.41) is 8.85. The molecule has 0 aliphatic heterocycles. The van der Waals surface area contributed by atoms with Gasteiger partial charge in [-0.15, -0.1) is 0 Å². The molecule has 2 aromatic rings. The zero-order chi connectivity index (χ0) is 12.3. The van der Waals surface area contributed by atoms with Crippen LogP contribution in [0.2, 0.25) is 0 Å². The second-order valence-corrected chi connectivity index (χ2v) is 3.67. The number of hydrogen-bond acceptors (Lipinski definition) is 4. The van der Waals surface area contributed by atoms with Crippen LogP contribution >= 0.6 is 0 Å². The Labute approximate surface area is 98.3 Å². The lowest BCUT2D eigenvalue weighted by molar-refractivity contribution is 0.0690. The lowest BCUT2D eigenvalue weighted by Crippen LogP contribution is -2.18. The van der Waals surface area contributed by atoms with Crippen molar-refractivity contribution in [1.82, 2.24) is 4.98 Å². The average molecular weight is 232 g/mol. The van der Waals surface area contributed by atoms with E-state index in [1.165, 1.54) is 6.07 Å². The third kappa shape index (κ3) is 2.63. The number of carboxylic acids is 1. The molecule has 0 aliphatic carbocycles. The highest BCUT2D eigenvalue weighted by Crippen LogP contribution is 2.13. The Hall–Kier alpha value is -2.30. The number of aromatic carboxylic acids is 1. The Morgan fingerprint density at radius 3 is 2.94 bits per heavy atom. The van der Waals surface area contributed by atoms with Gasteiger partial charge in [0.05, 0.1) is 12.5 Å². The van der Waals surface area contributed by atoms with Crippen molar-refractivity contribution in [2.75, 3.05) is 11.9 Å². The topological polar surface area (TPSA) is 66.6 Å². The fourth-order valence-electron chi connectivity index (χ4n) is 1.49. The Morgan fingerprint density at radius 1 is 1.47 bits per heavy atom. The number of hydrogen-bond donors (Lipinski definition) is 1. The average Bonchev–Trinajstić information content (AvgIpc) is 2.82. The van der Waals surface area contributed by atoms with Gasteiger partial charge in [0.1, 0.15) is 5.82 Å². The summed E-state index contributed by atoms with van der Waals surface area (Å²) in [6, 6.07) is 6.78. The van der Waals surface area contributed by atoms with Crippen LogP contribution in [0.1, 0.15) is 16.1 Å². The molecule has 0 radical (unpaired) electrons. The largest absolute Gasteiger partial charge is 0.477 e. The number of aromatic nitrogens is 1. The minimum Gasteiger partial charge on any atom is -0.477 e. The number of carbonyl (C=O) groups is 1. The van der Waals surface area contributed by atoms with Gasteiger partial charge >= 0.3 is 5.97 Å². The molecule has 2 rings (SSSR count). The molecule has 0 atom stereocenters. The zero-order valence-electron chi connectivity index (χ0n) is 9.33. The number of nitrogens with zero attached hydrogens (tertiary/aromatic N) is 2. The third-order valence-corrected chi connectivity index (χ3v) is 2.34. The van der Waals surface area contributed by atoms with Crippen LogP contribution in [-0.4, -0.2) is 23.1 Å². The predicted molar refractivity (Wildman–Crippen MR) is 62.0 cm³/mol. The van der Waals surface area contributed by atoms with E-state index in [4.69, 9.17) is 9.52 Å². The highest BCUT2D eigenvalue weighted by Gasteiger charge is 2.08. The van der Waals surface area contributed by atoms with E-state index >= 15 is 0 Å². The van der Waals surface area contributed by atoms with Gasteiger partial charge in [0.25, 0.3) is 0 Å². The van der Waals surface area contributed by atoms with Gasteiger partial charge in [-0.2, -0.15) is 0 Å². The van der Waals surface area contributed by atoms with Crippen molar-refractivity contribution < 1.29 is 14.3 Å². The lowest BCUT2D eigenvalue weighted by atomic mass is 10.3. The molecular formula is C12H12N2O3. The van der Waals surface area contributed by atoms with Gasteiger partial charge in [-0.1, -0.05) is 6.07 Å². The molecule has 0 bridgehead atoms. The Bertz CT molecular complexity index is 508. The van der Waals surface area contributed by atoms with E-state index in [1.807, 2.05) is 18.0 Å². The highest BCUT2D eigenvalue weighted by molar-refractivity contribution is 5.85. The van der Waals surface area contributed by atoms with Crippen molar-refractivity contribution in [3.63, 3.8) is 0 Å². The molecule has 17 heavy (non-hydrogen) atoms. The van der Waals surface area contributed by atoms with Crippen LogP contribution in [0.25, 0.3) is 0 Å². The normalized spacial score (nSPS) is 10.2. The molecule has 88 valence electrons. The number of pyridine rings is 1.